The summed E-state index contributed by atoms with van der Waals surface area (Å²) in [7, 11) is 2.20. The summed E-state index contributed by atoms with van der Waals surface area (Å²) in [6.45, 7) is 1.42. The fourth-order valence-electron chi connectivity index (χ4n) is 2.85. The summed E-state index contributed by atoms with van der Waals surface area (Å²) in [5.41, 5.74) is 6.30. The van der Waals surface area contributed by atoms with Crippen LogP contribution in [0.2, 0.25) is 0 Å². The minimum absolute atomic E-state index is 0.199. The molecule has 148 valence electrons. The molecular weight excluding hydrogens is 366 g/mol. The molecule has 1 heterocycles. The molecular formula is C19H21N3O6. The van der Waals surface area contributed by atoms with Crippen LogP contribution in [-0.2, 0) is 23.9 Å². The van der Waals surface area contributed by atoms with Crippen molar-refractivity contribution in [3.63, 3.8) is 0 Å². The van der Waals surface area contributed by atoms with E-state index in [1.54, 1.807) is 24.3 Å². The molecule has 0 saturated heterocycles. The Hall–Kier alpha value is -3.49. The van der Waals surface area contributed by atoms with E-state index in [9.17, 15) is 19.2 Å². The highest BCUT2D eigenvalue weighted by Gasteiger charge is 2.41. The fourth-order valence-corrected chi connectivity index (χ4v) is 2.85. The molecule has 1 aromatic heterocycles. The number of nitrogens with two attached hydrogens (primary N) is 1. The van der Waals surface area contributed by atoms with Crippen LogP contribution in [0.15, 0.2) is 36.5 Å². The molecule has 1 aromatic carbocycles. The van der Waals surface area contributed by atoms with Gasteiger partial charge in [0.05, 0.1) is 25.3 Å². The van der Waals surface area contributed by atoms with Crippen molar-refractivity contribution in [2.75, 3.05) is 14.2 Å². The van der Waals surface area contributed by atoms with E-state index in [2.05, 4.69) is 19.8 Å². The third-order valence-corrected chi connectivity index (χ3v) is 4.41. The van der Waals surface area contributed by atoms with Gasteiger partial charge in [-0.15, -0.1) is 0 Å². The molecule has 2 rings (SSSR count). The van der Waals surface area contributed by atoms with E-state index in [4.69, 9.17) is 5.73 Å². The van der Waals surface area contributed by atoms with Gasteiger partial charge in [-0.1, -0.05) is 25.1 Å². The number of methoxy groups -OCH3 is 2. The predicted octanol–water partition coefficient (Wildman–Crippen LogP) is 0.417. The van der Waals surface area contributed by atoms with Crippen molar-refractivity contribution in [1.29, 1.82) is 0 Å². The van der Waals surface area contributed by atoms with Crippen LogP contribution in [0, 0.1) is 11.8 Å². The molecule has 3 N–H and O–H groups in total. The molecule has 2 amide bonds. The first-order valence-corrected chi connectivity index (χ1v) is 8.40. The Bertz CT molecular complexity index is 897. The Kier molecular flexibility index (Phi) is 6.64. The number of nitrogens with zero attached hydrogens (tertiary/aromatic N) is 1. The van der Waals surface area contributed by atoms with Crippen molar-refractivity contribution in [3.05, 3.63) is 42.1 Å². The SMILES string of the molecule is COC(=O)C(C(=O)OC)[C@@H](C)[C@@H](NC(=O)c1cnc2ccccc2c1)C(N)=O. The van der Waals surface area contributed by atoms with Crippen LogP contribution in [0.25, 0.3) is 10.9 Å². The Morgan fingerprint density at radius 3 is 2.25 bits per heavy atom. The first kappa shape index (κ1) is 20.8. The lowest BCUT2D eigenvalue weighted by Crippen LogP contribution is -2.52. The number of primary amides is 1. The van der Waals surface area contributed by atoms with Gasteiger partial charge in [0, 0.05) is 17.5 Å². The number of ether oxygens (including phenoxy) is 2. The molecule has 0 aliphatic heterocycles. The number of esters is 2. The lowest BCUT2D eigenvalue weighted by Gasteiger charge is -2.26. The molecule has 9 nitrogen and oxygen atoms in total. The molecule has 0 spiro atoms. The number of aromatic nitrogens is 1. The maximum atomic E-state index is 12.6. The zero-order chi connectivity index (χ0) is 20.8. The lowest BCUT2D eigenvalue weighted by molar-refractivity contribution is -0.161. The molecule has 9 heteroatoms. The van der Waals surface area contributed by atoms with Gasteiger partial charge < -0.3 is 20.5 Å². The summed E-state index contributed by atoms with van der Waals surface area (Å²) in [6, 6.07) is 7.50. The Morgan fingerprint density at radius 1 is 1.07 bits per heavy atom. The van der Waals surface area contributed by atoms with Gasteiger partial charge in [-0.3, -0.25) is 24.2 Å². The minimum Gasteiger partial charge on any atom is -0.468 e. The first-order chi connectivity index (χ1) is 13.3. The molecule has 0 bridgehead atoms. The number of para-hydroxylation sites is 1. The number of nitrogens with one attached hydrogen (secondary N) is 1. The smallest absolute Gasteiger partial charge is 0.320 e. The molecule has 0 aliphatic carbocycles. The Balaban J connectivity index is 2.29. The zero-order valence-electron chi connectivity index (χ0n) is 15.7. The highest BCUT2D eigenvalue weighted by Crippen LogP contribution is 2.20. The van der Waals surface area contributed by atoms with E-state index in [0.717, 1.165) is 19.6 Å². The van der Waals surface area contributed by atoms with Crippen molar-refractivity contribution in [2.24, 2.45) is 17.6 Å². The van der Waals surface area contributed by atoms with E-state index in [0.29, 0.717) is 5.52 Å². The van der Waals surface area contributed by atoms with Crippen LogP contribution in [-0.4, -0.2) is 49.0 Å². The van der Waals surface area contributed by atoms with Gasteiger partial charge in [-0.2, -0.15) is 0 Å². The van der Waals surface area contributed by atoms with Crippen molar-refractivity contribution >= 4 is 34.7 Å². The molecule has 0 fully saturated rings. The van der Waals surface area contributed by atoms with Crippen molar-refractivity contribution in [2.45, 2.75) is 13.0 Å². The summed E-state index contributed by atoms with van der Waals surface area (Å²) in [4.78, 5) is 52.7. The number of benzene rings is 1. The molecule has 2 aromatic rings. The Labute approximate surface area is 161 Å². The van der Waals surface area contributed by atoms with Crippen molar-refractivity contribution in [1.82, 2.24) is 10.3 Å². The molecule has 0 aliphatic rings. The second-order valence-corrected chi connectivity index (χ2v) is 6.15. The number of hydrogen-bond acceptors (Lipinski definition) is 7. The number of hydrogen-bond donors (Lipinski definition) is 2. The average Bonchev–Trinajstić information content (AvgIpc) is 2.70. The van der Waals surface area contributed by atoms with Crippen LogP contribution >= 0.6 is 0 Å². The number of rotatable bonds is 7. The van der Waals surface area contributed by atoms with Gasteiger partial charge in [0.15, 0.2) is 5.92 Å². The van der Waals surface area contributed by atoms with Crippen LogP contribution in [0.4, 0.5) is 0 Å². The highest BCUT2D eigenvalue weighted by molar-refractivity contribution is 6.01. The van der Waals surface area contributed by atoms with E-state index < -0.39 is 41.6 Å². The quantitative estimate of drug-likeness (QED) is 0.518. The number of amides is 2. The normalized spacial score (nSPS) is 12.9. The standard InChI is InChI=1S/C19H21N3O6/c1-10(14(18(25)27-2)19(26)28-3)15(16(20)23)22-17(24)12-8-11-6-4-5-7-13(11)21-9-12/h4-10,14-15H,1-3H3,(H2,20,23)(H,22,24)/t10-,15-/m1/s1. The number of pyridine rings is 1. The molecule has 0 saturated carbocycles. The van der Waals surface area contributed by atoms with Gasteiger partial charge >= 0.3 is 11.9 Å². The number of carbonyl (C=O) groups excluding carboxylic acids is 4. The van der Waals surface area contributed by atoms with Gasteiger partial charge in [0.2, 0.25) is 5.91 Å². The lowest BCUT2D eigenvalue weighted by atomic mass is 9.86. The summed E-state index contributed by atoms with van der Waals surface area (Å²) in [5.74, 6) is -5.76. The van der Waals surface area contributed by atoms with Gasteiger partial charge in [0.25, 0.3) is 5.91 Å². The summed E-state index contributed by atoms with van der Waals surface area (Å²) < 4.78 is 9.22. The van der Waals surface area contributed by atoms with Gasteiger partial charge in [-0.05, 0) is 12.1 Å². The minimum atomic E-state index is -1.43. The van der Waals surface area contributed by atoms with Crippen LogP contribution < -0.4 is 11.1 Å². The third-order valence-electron chi connectivity index (χ3n) is 4.41. The van der Waals surface area contributed by atoms with E-state index in [-0.39, 0.29) is 5.56 Å². The second-order valence-electron chi connectivity index (χ2n) is 6.15. The summed E-state index contributed by atoms with van der Waals surface area (Å²) in [6.07, 6.45) is 1.36. The number of fused-ring (bicyclic) bond motifs is 1. The van der Waals surface area contributed by atoms with Gasteiger partial charge in [-0.25, -0.2) is 0 Å². The fraction of sp³-hybridized carbons (Fsp3) is 0.316. The monoisotopic (exact) mass is 387 g/mol. The molecule has 0 unspecified atom stereocenters. The first-order valence-electron chi connectivity index (χ1n) is 8.40. The van der Waals surface area contributed by atoms with Gasteiger partial charge in [0.1, 0.15) is 6.04 Å². The summed E-state index contributed by atoms with van der Waals surface area (Å²) >= 11 is 0. The predicted molar refractivity (Wildman–Crippen MR) is 98.9 cm³/mol. The molecule has 0 radical (unpaired) electrons. The molecule has 28 heavy (non-hydrogen) atoms. The van der Waals surface area contributed by atoms with E-state index in [1.165, 1.54) is 13.1 Å². The second kappa shape index (κ2) is 8.94. The average molecular weight is 387 g/mol. The van der Waals surface area contributed by atoms with Crippen molar-refractivity contribution in [3.8, 4) is 0 Å². The molecule has 2 atom stereocenters. The van der Waals surface area contributed by atoms with Crippen LogP contribution in [0.3, 0.4) is 0 Å². The highest BCUT2D eigenvalue weighted by atomic mass is 16.5. The largest absolute Gasteiger partial charge is 0.468 e. The van der Waals surface area contributed by atoms with Crippen molar-refractivity contribution < 1.29 is 28.7 Å². The van der Waals surface area contributed by atoms with Crippen LogP contribution in [0.5, 0.6) is 0 Å². The zero-order valence-corrected chi connectivity index (χ0v) is 15.7. The maximum Gasteiger partial charge on any atom is 0.320 e. The number of carbonyl (C=O) groups is 4. The summed E-state index contributed by atoms with van der Waals surface area (Å²) in [5, 5.41) is 3.20. The van der Waals surface area contributed by atoms with Crippen LogP contribution in [0.1, 0.15) is 17.3 Å². The van der Waals surface area contributed by atoms with E-state index in [1.807, 2.05) is 6.07 Å². The third kappa shape index (κ3) is 4.43. The Morgan fingerprint density at radius 2 is 1.68 bits per heavy atom. The maximum absolute atomic E-state index is 12.6. The topological polar surface area (TPSA) is 138 Å². The van der Waals surface area contributed by atoms with E-state index >= 15 is 0 Å².